The van der Waals surface area contributed by atoms with Crippen molar-refractivity contribution in [2.45, 2.75) is 24.8 Å². The van der Waals surface area contributed by atoms with Crippen LogP contribution < -0.4 is 10.0 Å². The fourth-order valence-corrected chi connectivity index (χ4v) is 3.45. The van der Waals surface area contributed by atoms with Gasteiger partial charge in [0.2, 0.25) is 15.9 Å². The molecule has 0 aliphatic heterocycles. The molecule has 1 atom stereocenters. The SMILES string of the molecule is COCC(C)NS(=O)(=O)c1ccc(NC(=O)/C=C/c2ccc(C)o2)cc1. The molecular weight excluding hydrogens is 356 g/mol. The van der Waals surface area contributed by atoms with Gasteiger partial charge in [0, 0.05) is 24.9 Å². The zero-order chi connectivity index (χ0) is 19.2. The van der Waals surface area contributed by atoms with E-state index in [2.05, 4.69) is 10.0 Å². The van der Waals surface area contributed by atoms with Gasteiger partial charge in [0.1, 0.15) is 11.5 Å². The van der Waals surface area contributed by atoms with E-state index in [-0.39, 0.29) is 23.5 Å². The van der Waals surface area contributed by atoms with E-state index in [1.165, 1.54) is 37.5 Å². The molecule has 0 spiro atoms. The number of amides is 1. The Morgan fingerprint density at radius 1 is 1.23 bits per heavy atom. The highest BCUT2D eigenvalue weighted by atomic mass is 32.2. The minimum absolute atomic E-state index is 0.111. The molecular formula is C18H22N2O5S. The quantitative estimate of drug-likeness (QED) is 0.688. The number of hydrogen-bond donors (Lipinski definition) is 2. The van der Waals surface area contributed by atoms with E-state index in [0.717, 1.165) is 5.76 Å². The molecule has 0 aliphatic rings. The molecule has 0 saturated heterocycles. The van der Waals surface area contributed by atoms with Gasteiger partial charge in [0.15, 0.2) is 0 Å². The predicted molar refractivity (Wildman–Crippen MR) is 99.2 cm³/mol. The van der Waals surface area contributed by atoms with Crippen molar-refractivity contribution in [3.05, 3.63) is 54.0 Å². The molecule has 1 aromatic carbocycles. The lowest BCUT2D eigenvalue weighted by molar-refractivity contribution is -0.111. The molecule has 2 rings (SSSR count). The fraction of sp³-hybridized carbons (Fsp3) is 0.278. The molecule has 7 nitrogen and oxygen atoms in total. The number of benzene rings is 1. The van der Waals surface area contributed by atoms with Crippen LogP contribution in [-0.4, -0.2) is 34.1 Å². The van der Waals surface area contributed by atoms with Crippen molar-refractivity contribution < 1.29 is 22.4 Å². The highest BCUT2D eigenvalue weighted by Gasteiger charge is 2.17. The fourth-order valence-electron chi connectivity index (χ4n) is 2.22. The molecule has 1 aromatic heterocycles. The average molecular weight is 378 g/mol. The number of anilines is 1. The van der Waals surface area contributed by atoms with Crippen LogP contribution in [-0.2, 0) is 19.6 Å². The maximum absolute atomic E-state index is 12.2. The summed E-state index contributed by atoms with van der Waals surface area (Å²) in [5, 5.41) is 2.66. The Morgan fingerprint density at radius 3 is 2.50 bits per heavy atom. The van der Waals surface area contributed by atoms with Crippen molar-refractivity contribution >= 4 is 27.7 Å². The first-order valence-corrected chi connectivity index (χ1v) is 9.45. The maximum Gasteiger partial charge on any atom is 0.248 e. The van der Waals surface area contributed by atoms with Gasteiger partial charge in [-0.15, -0.1) is 0 Å². The second kappa shape index (κ2) is 8.79. The van der Waals surface area contributed by atoms with Gasteiger partial charge in [-0.25, -0.2) is 13.1 Å². The van der Waals surface area contributed by atoms with Gasteiger partial charge < -0.3 is 14.5 Å². The number of ether oxygens (including phenoxy) is 1. The molecule has 8 heteroatoms. The summed E-state index contributed by atoms with van der Waals surface area (Å²) >= 11 is 0. The normalized spacial score (nSPS) is 13.0. The predicted octanol–water partition coefficient (Wildman–Crippen LogP) is 2.55. The zero-order valence-corrected chi connectivity index (χ0v) is 15.7. The zero-order valence-electron chi connectivity index (χ0n) is 14.9. The van der Waals surface area contributed by atoms with Crippen LogP contribution in [0.2, 0.25) is 0 Å². The number of methoxy groups -OCH3 is 1. The lowest BCUT2D eigenvalue weighted by Crippen LogP contribution is -2.35. The molecule has 0 aliphatic carbocycles. The lowest BCUT2D eigenvalue weighted by Gasteiger charge is -2.13. The van der Waals surface area contributed by atoms with Gasteiger partial charge in [-0.2, -0.15) is 0 Å². The van der Waals surface area contributed by atoms with Crippen molar-refractivity contribution in [3.63, 3.8) is 0 Å². The number of carbonyl (C=O) groups excluding carboxylic acids is 1. The number of carbonyl (C=O) groups is 1. The molecule has 0 fully saturated rings. The minimum Gasteiger partial charge on any atom is -0.462 e. The summed E-state index contributed by atoms with van der Waals surface area (Å²) in [6.07, 6.45) is 2.90. The molecule has 0 radical (unpaired) electrons. The van der Waals surface area contributed by atoms with Crippen molar-refractivity contribution in [1.82, 2.24) is 4.72 Å². The monoisotopic (exact) mass is 378 g/mol. The summed E-state index contributed by atoms with van der Waals surface area (Å²) in [5.41, 5.74) is 0.485. The van der Waals surface area contributed by atoms with E-state index < -0.39 is 10.0 Å². The van der Waals surface area contributed by atoms with Gasteiger partial charge >= 0.3 is 0 Å². The first kappa shape index (κ1) is 19.9. The first-order chi connectivity index (χ1) is 12.3. The summed E-state index contributed by atoms with van der Waals surface area (Å²) in [7, 11) is -2.14. The Morgan fingerprint density at radius 2 is 1.92 bits per heavy atom. The number of aryl methyl sites for hydroxylation is 1. The third-order valence-electron chi connectivity index (χ3n) is 3.37. The Balaban J connectivity index is 1.98. The number of sulfonamides is 1. The molecule has 1 amide bonds. The molecule has 2 aromatic rings. The molecule has 1 heterocycles. The number of hydrogen-bond acceptors (Lipinski definition) is 5. The number of nitrogens with one attached hydrogen (secondary N) is 2. The first-order valence-electron chi connectivity index (χ1n) is 7.97. The summed E-state index contributed by atoms with van der Waals surface area (Å²) in [4.78, 5) is 12.0. The minimum atomic E-state index is -3.64. The van der Waals surface area contributed by atoms with Crippen molar-refractivity contribution in [2.24, 2.45) is 0 Å². The average Bonchev–Trinajstić information content (AvgIpc) is 2.99. The molecule has 0 saturated carbocycles. The van der Waals surface area contributed by atoms with Gasteiger partial charge in [-0.3, -0.25) is 4.79 Å². The number of furan rings is 1. The van der Waals surface area contributed by atoms with E-state index in [9.17, 15) is 13.2 Å². The van der Waals surface area contributed by atoms with E-state index in [1.54, 1.807) is 25.1 Å². The summed E-state index contributed by atoms with van der Waals surface area (Å²) < 4.78 is 37.2. The highest BCUT2D eigenvalue weighted by Crippen LogP contribution is 2.15. The molecule has 2 N–H and O–H groups in total. The molecule has 1 unspecified atom stereocenters. The maximum atomic E-state index is 12.2. The summed E-state index contributed by atoms with van der Waals surface area (Å²) in [5.74, 6) is 0.993. The van der Waals surface area contributed by atoms with Crippen molar-refractivity contribution in [3.8, 4) is 0 Å². The van der Waals surface area contributed by atoms with Crippen LogP contribution in [0.15, 0.2) is 51.8 Å². The largest absolute Gasteiger partial charge is 0.462 e. The third kappa shape index (κ3) is 5.83. The van der Waals surface area contributed by atoms with E-state index in [1.807, 2.05) is 6.92 Å². The van der Waals surface area contributed by atoms with Gasteiger partial charge in [-0.05, 0) is 56.3 Å². The molecule has 0 bridgehead atoms. The lowest BCUT2D eigenvalue weighted by atomic mass is 10.3. The van der Waals surface area contributed by atoms with Crippen molar-refractivity contribution in [2.75, 3.05) is 19.0 Å². The topological polar surface area (TPSA) is 97.6 Å². The van der Waals surface area contributed by atoms with E-state index in [0.29, 0.717) is 11.4 Å². The van der Waals surface area contributed by atoms with Crippen LogP contribution in [0.1, 0.15) is 18.4 Å². The smallest absolute Gasteiger partial charge is 0.248 e. The Kier molecular flexibility index (Phi) is 6.73. The van der Waals surface area contributed by atoms with Crippen LogP contribution >= 0.6 is 0 Å². The van der Waals surface area contributed by atoms with E-state index >= 15 is 0 Å². The number of rotatable bonds is 8. The molecule has 26 heavy (non-hydrogen) atoms. The van der Waals surface area contributed by atoms with Crippen LogP contribution in [0.4, 0.5) is 5.69 Å². The second-order valence-electron chi connectivity index (χ2n) is 5.77. The van der Waals surface area contributed by atoms with Crippen LogP contribution in [0, 0.1) is 6.92 Å². The Labute approximate surface area is 153 Å². The molecule has 140 valence electrons. The second-order valence-corrected chi connectivity index (χ2v) is 7.49. The highest BCUT2D eigenvalue weighted by molar-refractivity contribution is 7.89. The van der Waals surface area contributed by atoms with Crippen LogP contribution in [0.3, 0.4) is 0 Å². The van der Waals surface area contributed by atoms with Crippen LogP contribution in [0.5, 0.6) is 0 Å². The van der Waals surface area contributed by atoms with Crippen molar-refractivity contribution in [1.29, 1.82) is 0 Å². The van der Waals surface area contributed by atoms with Gasteiger partial charge in [0.25, 0.3) is 0 Å². The van der Waals surface area contributed by atoms with Gasteiger partial charge in [-0.1, -0.05) is 0 Å². The van der Waals surface area contributed by atoms with Gasteiger partial charge in [0.05, 0.1) is 11.5 Å². The Bertz CT molecular complexity index is 869. The standard InChI is InChI=1S/C18H22N2O5S/c1-13(12-24-3)20-26(22,23)17-9-5-15(6-10-17)19-18(21)11-8-16-7-4-14(2)25-16/h4-11,13,20H,12H2,1-3H3,(H,19,21)/b11-8+. The summed E-state index contributed by atoms with van der Waals surface area (Å²) in [6, 6.07) is 9.12. The van der Waals surface area contributed by atoms with E-state index in [4.69, 9.17) is 9.15 Å². The summed E-state index contributed by atoms with van der Waals surface area (Å²) in [6.45, 7) is 3.80. The van der Waals surface area contributed by atoms with Crippen LogP contribution in [0.25, 0.3) is 6.08 Å². The third-order valence-corrected chi connectivity index (χ3v) is 4.97. The Hall–Kier alpha value is -2.42.